The molecule has 0 saturated carbocycles. The van der Waals surface area contributed by atoms with Crippen molar-refractivity contribution in [1.29, 1.82) is 0 Å². The third kappa shape index (κ3) is 2.80. The van der Waals surface area contributed by atoms with Gasteiger partial charge in [0.1, 0.15) is 11.6 Å². The van der Waals surface area contributed by atoms with Crippen molar-refractivity contribution in [2.24, 2.45) is 0 Å². The first-order valence-electron chi connectivity index (χ1n) is 8.22. The van der Waals surface area contributed by atoms with Crippen molar-refractivity contribution >= 4 is 16.9 Å². The summed E-state index contributed by atoms with van der Waals surface area (Å²) in [4.78, 5) is 14.7. The molecule has 3 heterocycles. The van der Waals surface area contributed by atoms with Gasteiger partial charge < -0.3 is 18.5 Å². The van der Waals surface area contributed by atoms with E-state index >= 15 is 0 Å². The van der Waals surface area contributed by atoms with Crippen LogP contribution in [0.3, 0.4) is 0 Å². The molecule has 1 amide bonds. The minimum atomic E-state index is -0.404. The van der Waals surface area contributed by atoms with Gasteiger partial charge in [0.2, 0.25) is 11.8 Å². The molecule has 0 aliphatic carbocycles. The van der Waals surface area contributed by atoms with Crippen molar-refractivity contribution in [1.82, 2.24) is 15.1 Å². The van der Waals surface area contributed by atoms with E-state index in [4.69, 9.17) is 13.6 Å². The minimum Gasteiger partial charge on any atom is -0.451 e. The van der Waals surface area contributed by atoms with Gasteiger partial charge in [-0.1, -0.05) is 0 Å². The van der Waals surface area contributed by atoms with Gasteiger partial charge in [0.05, 0.1) is 13.2 Å². The van der Waals surface area contributed by atoms with Gasteiger partial charge in [0.15, 0.2) is 5.76 Å². The molecule has 1 saturated heterocycles. The number of nitrogens with zero attached hydrogens (tertiary/aromatic N) is 3. The zero-order valence-corrected chi connectivity index (χ0v) is 14.4. The third-order valence-corrected chi connectivity index (χ3v) is 4.56. The van der Waals surface area contributed by atoms with E-state index in [0.717, 1.165) is 16.5 Å². The second kappa shape index (κ2) is 6.00. The van der Waals surface area contributed by atoms with Gasteiger partial charge in [0, 0.05) is 18.9 Å². The molecule has 0 bridgehead atoms. The predicted octanol–water partition coefficient (Wildman–Crippen LogP) is 2.95. The summed E-state index contributed by atoms with van der Waals surface area (Å²) in [7, 11) is 0. The highest BCUT2D eigenvalue weighted by Gasteiger charge is 2.34. The van der Waals surface area contributed by atoms with Crippen LogP contribution >= 0.6 is 0 Å². The molecule has 7 heteroatoms. The molecule has 0 spiro atoms. The van der Waals surface area contributed by atoms with E-state index < -0.39 is 6.04 Å². The number of morpholine rings is 1. The van der Waals surface area contributed by atoms with Gasteiger partial charge in [-0.2, -0.15) is 0 Å². The number of furan rings is 1. The second-order valence-electron chi connectivity index (χ2n) is 6.33. The molecule has 2 aromatic heterocycles. The van der Waals surface area contributed by atoms with Crippen molar-refractivity contribution in [3.63, 3.8) is 0 Å². The van der Waals surface area contributed by atoms with Crippen LogP contribution in [0.5, 0.6) is 0 Å². The summed E-state index contributed by atoms with van der Waals surface area (Å²) >= 11 is 0. The average Bonchev–Trinajstić information content (AvgIpc) is 3.21. The van der Waals surface area contributed by atoms with E-state index in [1.54, 1.807) is 17.9 Å². The van der Waals surface area contributed by atoms with Gasteiger partial charge in [-0.05, 0) is 43.2 Å². The van der Waals surface area contributed by atoms with Crippen LogP contribution in [0.1, 0.15) is 39.5 Å². The van der Waals surface area contributed by atoms with Crippen molar-refractivity contribution in [3.8, 4) is 0 Å². The number of hydrogen-bond acceptors (Lipinski definition) is 6. The Kier molecular flexibility index (Phi) is 3.80. The number of fused-ring (bicyclic) bond motifs is 1. The Morgan fingerprint density at radius 1 is 1.12 bits per heavy atom. The molecule has 1 fully saturated rings. The van der Waals surface area contributed by atoms with Crippen LogP contribution in [-0.4, -0.2) is 40.8 Å². The molecule has 1 atom stereocenters. The summed E-state index contributed by atoms with van der Waals surface area (Å²) in [6, 6.07) is 5.37. The number of amides is 1. The number of benzene rings is 1. The summed E-state index contributed by atoms with van der Waals surface area (Å²) < 4.78 is 16.8. The fraction of sp³-hybridized carbons (Fsp3) is 0.389. The maximum atomic E-state index is 13.0. The van der Waals surface area contributed by atoms with Crippen LogP contribution in [-0.2, 0) is 4.74 Å². The van der Waals surface area contributed by atoms with Crippen LogP contribution in [0.15, 0.2) is 27.0 Å². The zero-order chi connectivity index (χ0) is 17.6. The van der Waals surface area contributed by atoms with E-state index in [1.807, 2.05) is 26.0 Å². The largest absolute Gasteiger partial charge is 0.451 e. The van der Waals surface area contributed by atoms with Crippen molar-refractivity contribution in [2.45, 2.75) is 26.8 Å². The molecular weight excluding hydrogens is 322 g/mol. The number of carbonyl (C=O) groups is 1. The number of aromatic nitrogens is 2. The van der Waals surface area contributed by atoms with Crippen LogP contribution < -0.4 is 0 Å². The number of rotatable bonds is 2. The smallest absolute Gasteiger partial charge is 0.290 e. The molecule has 1 aliphatic heterocycles. The van der Waals surface area contributed by atoms with E-state index in [0.29, 0.717) is 42.9 Å². The van der Waals surface area contributed by atoms with E-state index in [2.05, 4.69) is 10.2 Å². The first kappa shape index (κ1) is 15.8. The Hall–Kier alpha value is -2.67. The minimum absolute atomic E-state index is 0.198. The lowest BCUT2D eigenvalue weighted by molar-refractivity contribution is -0.0120. The molecule has 0 radical (unpaired) electrons. The topological polar surface area (TPSA) is 81.6 Å². The Labute approximate surface area is 144 Å². The summed E-state index contributed by atoms with van der Waals surface area (Å²) in [5, 5.41) is 8.81. The van der Waals surface area contributed by atoms with Gasteiger partial charge in [-0.3, -0.25) is 4.79 Å². The lowest BCUT2D eigenvalue weighted by Gasteiger charge is -2.32. The molecule has 130 valence electrons. The Morgan fingerprint density at radius 2 is 1.92 bits per heavy atom. The van der Waals surface area contributed by atoms with Crippen molar-refractivity contribution in [3.05, 3.63) is 46.9 Å². The average molecular weight is 341 g/mol. The van der Waals surface area contributed by atoms with Crippen molar-refractivity contribution < 1.29 is 18.4 Å². The van der Waals surface area contributed by atoms with Crippen LogP contribution in [0.4, 0.5) is 0 Å². The van der Waals surface area contributed by atoms with Gasteiger partial charge >= 0.3 is 0 Å². The number of carbonyl (C=O) groups excluding carboxylic acids is 1. The molecular formula is C18H19N3O4. The summed E-state index contributed by atoms with van der Waals surface area (Å²) in [6.07, 6.45) is 0. The standard InChI is InChI=1S/C18H19N3O4/c1-10-6-13-8-16(25-15(13)7-11(10)2)18(22)21-4-5-23-9-14(21)17-20-19-12(3)24-17/h6-8,14H,4-5,9H2,1-3H3. The molecule has 7 nitrogen and oxygen atoms in total. The molecule has 1 unspecified atom stereocenters. The lowest BCUT2D eigenvalue weighted by Crippen LogP contribution is -2.43. The highest BCUT2D eigenvalue weighted by molar-refractivity contribution is 5.96. The van der Waals surface area contributed by atoms with Crippen LogP contribution in [0, 0.1) is 20.8 Å². The fourth-order valence-electron chi connectivity index (χ4n) is 3.05. The highest BCUT2D eigenvalue weighted by atomic mass is 16.5. The van der Waals surface area contributed by atoms with Crippen molar-refractivity contribution in [2.75, 3.05) is 19.8 Å². The SMILES string of the molecule is Cc1nnc(C2COCCN2C(=O)c2cc3cc(C)c(C)cc3o2)o1. The Bertz CT molecular complexity index is 904. The second-order valence-corrected chi connectivity index (χ2v) is 6.33. The third-order valence-electron chi connectivity index (χ3n) is 4.56. The molecule has 4 rings (SSSR count). The Morgan fingerprint density at radius 3 is 2.68 bits per heavy atom. The van der Waals surface area contributed by atoms with E-state index in [1.165, 1.54) is 0 Å². The first-order chi connectivity index (χ1) is 12.0. The van der Waals surface area contributed by atoms with E-state index in [9.17, 15) is 4.79 Å². The number of aryl methyl sites for hydroxylation is 3. The fourth-order valence-corrected chi connectivity index (χ4v) is 3.05. The summed E-state index contributed by atoms with van der Waals surface area (Å²) in [5.74, 6) is 0.954. The molecule has 0 N–H and O–H groups in total. The maximum absolute atomic E-state index is 13.0. The number of hydrogen-bond donors (Lipinski definition) is 0. The van der Waals surface area contributed by atoms with E-state index in [-0.39, 0.29) is 5.91 Å². The molecule has 3 aromatic rings. The predicted molar refractivity (Wildman–Crippen MR) is 89.3 cm³/mol. The highest BCUT2D eigenvalue weighted by Crippen LogP contribution is 2.28. The normalized spacial score (nSPS) is 18.0. The Balaban J connectivity index is 1.68. The quantitative estimate of drug-likeness (QED) is 0.713. The van der Waals surface area contributed by atoms with Gasteiger partial charge in [-0.25, -0.2) is 0 Å². The number of ether oxygens (including phenoxy) is 1. The summed E-state index contributed by atoms with van der Waals surface area (Å²) in [5.41, 5.74) is 3.01. The first-order valence-corrected chi connectivity index (χ1v) is 8.22. The molecule has 1 aliphatic rings. The molecule has 25 heavy (non-hydrogen) atoms. The van der Waals surface area contributed by atoms with Gasteiger partial charge in [0.25, 0.3) is 5.91 Å². The van der Waals surface area contributed by atoms with Crippen LogP contribution in [0.2, 0.25) is 0 Å². The maximum Gasteiger partial charge on any atom is 0.290 e. The van der Waals surface area contributed by atoms with Crippen LogP contribution in [0.25, 0.3) is 11.0 Å². The molecule has 1 aromatic carbocycles. The summed E-state index contributed by atoms with van der Waals surface area (Å²) in [6.45, 7) is 7.02. The lowest BCUT2D eigenvalue weighted by atomic mass is 10.1. The zero-order valence-electron chi connectivity index (χ0n) is 14.4. The monoisotopic (exact) mass is 341 g/mol. The van der Waals surface area contributed by atoms with Gasteiger partial charge in [-0.15, -0.1) is 10.2 Å².